The minimum absolute atomic E-state index is 0.187. The number of amides is 1. The molecule has 0 radical (unpaired) electrons. The number of nitrogens with zero attached hydrogens (tertiary/aromatic N) is 2. The van der Waals surface area contributed by atoms with Crippen LogP contribution >= 0.6 is 0 Å². The van der Waals surface area contributed by atoms with Crippen LogP contribution < -0.4 is 0 Å². The van der Waals surface area contributed by atoms with Crippen molar-refractivity contribution >= 4 is 6.09 Å². The molecule has 0 aromatic heterocycles. The van der Waals surface area contributed by atoms with Crippen LogP contribution in [0.25, 0.3) is 0 Å². The van der Waals surface area contributed by atoms with Crippen molar-refractivity contribution in [1.29, 1.82) is 0 Å². The summed E-state index contributed by atoms with van der Waals surface area (Å²) in [5.74, 6) is 0. The van der Waals surface area contributed by atoms with Gasteiger partial charge in [0.1, 0.15) is 5.60 Å². The molecule has 2 aliphatic rings. The van der Waals surface area contributed by atoms with E-state index in [9.17, 15) is 9.90 Å². The zero-order chi connectivity index (χ0) is 14.0. The number of hydrogen-bond acceptors (Lipinski definition) is 4. The molecule has 2 rings (SSSR count). The van der Waals surface area contributed by atoms with Crippen LogP contribution in [0.1, 0.15) is 40.0 Å². The molecule has 1 aliphatic heterocycles. The Kier molecular flexibility index (Phi) is 4.36. The smallest absolute Gasteiger partial charge is 0.410 e. The number of carbonyl (C=O) groups excluding carboxylic acids is 1. The van der Waals surface area contributed by atoms with E-state index in [-0.39, 0.29) is 12.2 Å². The molecule has 1 aliphatic carbocycles. The normalized spacial score (nSPS) is 29.6. The summed E-state index contributed by atoms with van der Waals surface area (Å²) in [6.45, 7) is 8.71. The summed E-state index contributed by atoms with van der Waals surface area (Å²) < 4.78 is 5.38. The average Bonchev–Trinajstić information content (AvgIpc) is 2.73. The lowest BCUT2D eigenvalue weighted by atomic mass is 10.1. The maximum atomic E-state index is 11.9. The molecule has 1 amide bonds. The predicted octanol–water partition coefficient (Wildman–Crippen LogP) is 1.45. The van der Waals surface area contributed by atoms with Crippen molar-refractivity contribution in [3.8, 4) is 0 Å². The number of aliphatic hydroxyl groups is 1. The molecule has 0 spiro atoms. The molecular weight excluding hydrogens is 244 g/mol. The third-order valence-electron chi connectivity index (χ3n) is 3.88. The molecule has 110 valence electrons. The minimum atomic E-state index is -0.435. The largest absolute Gasteiger partial charge is 0.444 e. The van der Waals surface area contributed by atoms with Crippen LogP contribution in [0.2, 0.25) is 0 Å². The standard InChI is InChI=1S/C14H26N2O3/c1-14(2,3)19-13(18)16-9-7-15(8-10-16)11-5-4-6-12(11)17/h11-12,17H,4-10H2,1-3H3/t11-,12+/m1/s1. The fourth-order valence-corrected chi connectivity index (χ4v) is 2.91. The second-order valence-electron chi connectivity index (χ2n) is 6.57. The highest BCUT2D eigenvalue weighted by atomic mass is 16.6. The van der Waals surface area contributed by atoms with Crippen LogP contribution in [0.4, 0.5) is 4.79 Å². The Labute approximate surface area is 115 Å². The second kappa shape index (κ2) is 5.67. The van der Waals surface area contributed by atoms with Gasteiger partial charge in [-0.15, -0.1) is 0 Å². The van der Waals surface area contributed by atoms with Gasteiger partial charge in [-0.3, -0.25) is 4.90 Å². The highest BCUT2D eigenvalue weighted by Gasteiger charge is 2.34. The number of rotatable bonds is 1. The van der Waals surface area contributed by atoms with E-state index in [4.69, 9.17) is 4.74 Å². The Bertz CT molecular complexity index is 319. The van der Waals surface area contributed by atoms with Crippen LogP contribution in [-0.4, -0.2) is 64.9 Å². The highest BCUT2D eigenvalue weighted by molar-refractivity contribution is 5.68. The summed E-state index contributed by atoms with van der Waals surface area (Å²) >= 11 is 0. The van der Waals surface area contributed by atoms with Crippen molar-refractivity contribution in [2.45, 2.75) is 57.8 Å². The Hall–Kier alpha value is -0.810. The first-order valence-electron chi connectivity index (χ1n) is 7.27. The molecular formula is C14H26N2O3. The molecule has 1 heterocycles. The molecule has 5 heteroatoms. The fourth-order valence-electron chi connectivity index (χ4n) is 2.91. The third-order valence-corrected chi connectivity index (χ3v) is 3.88. The molecule has 1 saturated carbocycles. The number of hydrogen-bond donors (Lipinski definition) is 1. The van der Waals surface area contributed by atoms with Gasteiger partial charge in [-0.1, -0.05) is 0 Å². The maximum absolute atomic E-state index is 11.9. The molecule has 0 unspecified atom stereocenters. The van der Waals surface area contributed by atoms with Crippen LogP contribution in [0.15, 0.2) is 0 Å². The van der Waals surface area contributed by atoms with Crippen molar-refractivity contribution in [2.24, 2.45) is 0 Å². The first kappa shape index (κ1) is 14.6. The zero-order valence-corrected chi connectivity index (χ0v) is 12.3. The molecule has 1 saturated heterocycles. The summed E-state index contributed by atoms with van der Waals surface area (Å²) in [6.07, 6.45) is 2.69. The number of piperazine rings is 1. The fraction of sp³-hybridized carbons (Fsp3) is 0.929. The van der Waals surface area contributed by atoms with Gasteiger partial charge in [-0.25, -0.2) is 4.79 Å². The van der Waals surface area contributed by atoms with Gasteiger partial charge in [0, 0.05) is 32.2 Å². The number of aliphatic hydroxyl groups excluding tert-OH is 1. The van der Waals surface area contributed by atoms with Crippen molar-refractivity contribution in [3.63, 3.8) is 0 Å². The molecule has 0 aromatic carbocycles. The monoisotopic (exact) mass is 270 g/mol. The van der Waals surface area contributed by atoms with Crippen molar-refractivity contribution in [2.75, 3.05) is 26.2 Å². The lowest BCUT2D eigenvalue weighted by Gasteiger charge is -2.39. The van der Waals surface area contributed by atoms with Gasteiger partial charge >= 0.3 is 6.09 Å². The van der Waals surface area contributed by atoms with Crippen molar-refractivity contribution in [1.82, 2.24) is 9.80 Å². The molecule has 2 atom stereocenters. The van der Waals surface area contributed by atoms with E-state index in [1.807, 2.05) is 20.8 Å². The lowest BCUT2D eigenvalue weighted by Crippen LogP contribution is -2.54. The summed E-state index contributed by atoms with van der Waals surface area (Å²) in [6, 6.07) is 0.292. The van der Waals surface area contributed by atoms with Crippen LogP contribution in [0.5, 0.6) is 0 Å². The Morgan fingerprint density at radius 2 is 1.79 bits per heavy atom. The van der Waals surface area contributed by atoms with E-state index < -0.39 is 5.60 Å². The summed E-state index contributed by atoms with van der Waals surface area (Å²) in [5, 5.41) is 9.92. The summed E-state index contributed by atoms with van der Waals surface area (Å²) in [4.78, 5) is 16.0. The molecule has 5 nitrogen and oxygen atoms in total. The first-order valence-corrected chi connectivity index (χ1v) is 7.27. The van der Waals surface area contributed by atoms with E-state index in [1.54, 1.807) is 4.90 Å². The SMILES string of the molecule is CC(C)(C)OC(=O)N1CCN([C@@H]2CCC[C@@H]2O)CC1. The van der Waals surface area contributed by atoms with Crippen molar-refractivity contribution < 1.29 is 14.6 Å². The van der Waals surface area contributed by atoms with E-state index in [0.29, 0.717) is 19.1 Å². The van der Waals surface area contributed by atoms with Gasteiger partial charge in [0.15, 0.2) is 0 Å². The van der Waals surface area contributed by atoms with Crippen LogP contribution in [0.3, 0.4) is 0 Å². The van der Waals surface area contributed by atoms with Gasteiger partial charge < -0.3 is 14.7 Å². The van der Waals surface area contributed by atoms with Gasteiger partial charge in [-0.05, 0) is 40.0 Å². The predicted molar refractivity (Wildman–Crippen MR) is 73.0 cm³/mol. The molecule has 0 aromatic rings. The molecule has 19 heavy (non-hydrogen) atoms. The lowest BCUT2D eigenvalue weighted by molar-refractivity contribution is 0.000914. The van der Waals surface area contributed by atoms with Crippen LogP contribution in [0, 0.1) is 0 Å². The first-order chi connectivity index (χ1) is 8.87. The Balaban J connectivity index is 1.80. The molecule has 1 N–H and O–H groups in total. The highest BCUT2D eigenvalue weighted by Crippen LogP contribution is 2.25. The summed E-state index contributed by atoms with van der Waals surface area (Å²) in [7, 11) is 0. The third kappa shape index (κ3) is 3.83. The van der Waals surface area contributed by atoms with E-state index in [2.05, 4.69) is 4.90 Å². The number of ether oxygens (including phenoxy) is 1. The zero-order valence-electron chi connectivity index (χ0n) is 12.3. The maximum Gasteiger partial charge on any atom is 0.410 e. The van der Waals surface area contributed by atoms with E-state index >= 15 is 0 Å². The van der Waals surface area contributed by atoms with E-state index in [1.165, 1.54) is 0 Å². The van der Waals surface area contributed by atoms with Gasteiger partial charge in [-0.2, -0.15) is 0 Å². The topological polar surface area (TPSA) is 53.0 Å². The summed E-state index contributed by atoms with van der Waals surface area (Å²) in [5.41, 5.74) is -0.435. The Morgan fingerprint density at radius 1 is 1.16 bits per heavy atom. The minimum Gasteiger partial charge on any atom is -0.444 e. The quantitative estimate of drug-likeness (QED) is 0.783. The average molecular weight is 270 g/mol. The van der Waals surface area contributed by atoms with Crippen LogP contribution in [-0.2, 0) is 4.74 Å². The molecule has 2 fully saturated rings. The van der Waals surface area contributed by atoms with E-state index in [0.717, 1.165) is 32.4 Å². The van der Waals surface area contributed by atoms with Crippen molar-refractivity contribution in [3.05, 3.63) is 0 Å². The molecule has 0 bridgehead atoms. The van der Waals surface area contributed by atoms with Gasteiger partial charge in [0.05, 0.1) is 6.10 Å². The second-order valence-corrected chi connectivity index (χ2v) is 6.57. The van der Waals surface area contributed by atoms with Gasteiger partial charge in [0.25, 0.3) is 0 Å². The Morgan fingerprint density at radius 3 is 2.26 bits per heavy atom. The van der Waals surface area contributed by atoms with Gasteiger partial charge in [0.2, 0.25) is 0 Å². The number of carbonyl (C=O) groups is 1.